The Bertz CT molecular complexity index is 1110. The zero-order valence-electron chi connectivity index (χ0n) is 17.7. The van der Waals surface area contributed by atoms with Crippen molar-refractivity contribution in [2.24, 2.45) is 11.8 Å². The Labute approximate surface area is 181 Å². The lowest BCUT2D eigenvalue weighted by atomic mass is 9.86. The molecule has 2 aromatic rings. The Morgan fingerprint density at radius 3 is 2.94 bits per heavy atom. The summed E-state index contributed by atoms with van der Waals surface area (Å²) >= 11 is 0. The van der Waals surface area contributed by atoms with Gasteiger partial charge in [-0.05, 0) is 56.5 Å². The third-order valence-electron chi connectivity index (χ3n) is 6.91. The number of aryl methyl sites for hydroxylation is 2. The van der Waals surface area contributed by atoms with Gasteiger partial charge in [-0.1, -0.05) is 12.0 Å². The number of nitrogens with one attached hydrogen (secondary N) is 1. The molecule has 2 aliphatic carbocycles. The van der Waals surface area contributed by atoms with Crippen molar-refractivity contribution < 1.29 is 14.2 Å². The maximum Gasteiger partial charge on any atom is 0.130 e. The molecule has 5 nitrogen and oxygen atoms in total. The minimum atomic E-state index is -0.802. The predicted molar refractivity (Wildman–Crippen MR) is 116 cm³/mol. The van der Waals surface area contributed by atoms with Crippen molar-refractivity contribution in [2.75, 3.05) is 6.54 Å². The number of ether oxygens (including phenoxy) is 1. The van der Waals surface area contributed by atoms with Crippen molar-refractivity contribution in [3.05, 3.63) is 58.2 Å². The van der Waals surface area contributed by atoms with E-state index in [0.717, 1.165) is 36.4 Å². The number of hydrogen-bond acceptors (Lipinski definition) is 5. The molecule has 1 aromatic heterocycles. The van der Waals surface area contributed by atoms with Gasteiger partial charge in [-0.25, -0.2) is 14.4 Å². The molecule has 1 aromatic carbocycles. The summed E-state index contributed by atoms with van der Waals surface area (Å²) in [5.41, 5.74) is 5.27. The fourth-order valence-corrected chi connectivity index (χ4v) is 5.40. The van der Waals surface area contributed by atoms with E-state index in [9.17, 15) is 9.50 Å². The second kappa shape index (κ2) is 7.74. The molecule has 0 saturated heterocycles. The Balaban J connectivity index is 1.45. The number of terminal acetylenes is 1. The lowest BCUT2D eigenvalue weighted by Crippen LogP contribution is -2.29. The summed E-state index contributed by atoms with van der Waals surface area (Å²) in [5.74, 6) is 2.15. The highest BCUT2D eigenvalue weighted by Crippen LogP contribution is 2.48. The number of allylic oxidation sites excluding steroid dienone is 1. The molecule has 0 spiro atoms. The molecular formula is C25H26FN3O2. The summed E-state index contributed by atoms with van der Waals surface area (Å²) in [6.45, 7) is 5.54. The van der Waals surface area contributed by atoms with E-state index < -0.39 is 12.0 Å². The van der Waals surface area contributed by atoms with Gasteiger partial charge >= 0.3 is 0 Å². The summed E-state index contributed by atoms with van der Waals surface area (Å²) in [7, 11) is 0. The standard InChI is InChI=1S/C25H26FN3O2/c1-4-16-22(31-21-8-13(2)7-15-5-6-27-11-19(15)21)10-18(25(16)30)17-9-20(26)23-14(3)28-12-29-24(17)23/h1,7-9,12,16-18,22,25,27,30H,5-6,10-11H2,2-3H3. The zero-order valence-corrected chi connectivity index (χ0v) is 17.7. The van der Waals surface area contributed by atoms with Crippen LogP contribution in [-0.2, 0) is 13.0 Å². The van der Waals surface area contributed by atoms with Crippen LogP contribution < -0.4 is 10.1 Å². The summed E-state index contributed by atoms with van der Waals surface area (Å²) in [4.78, 5) is 8.46. The van der Waals surface area contributed by atoms with E-state index in [0.29, 0.717) is 23.4 Å². The number of fused-ring (bicyclic) bond motifs is 2. The predicted octanol–water partition coefficient (Wildman–Crippen LogP) is 3.22. The average molecular weight is 420 g/mol. The van der Waals surface area contributed by atoms with Crippen LogP contribution in [-0.4, -0.2) is 33.8 Å². The van der Waals surface area contributed by atoms with E-state index in [2.05, 4.69) is 34.2 Å². The highest BCUT2D eigenvalue weighted by Gasteiger charge is 2.48. The maximum absolute atomic E-state index is 14.7. The van der Waals surface area contributed by atoms with Crippen LogP contribution in [0.3, 0.4) is 0 Å². The lowest BCUT2D eigenvalue weighted by molar-refractivity contribution is 0.0864. The number of halogens is 1. The third kappa shape index (κ3) is 3.33. The van der Waals surface area contributed by atoms with Gasteiger partial charge in [0.2, 0.25) is 0 Å². The van der Waals surface area contributed by atoms with Crippen LogP contribution in [0.25, 0.3) is 5.83 Å². The highest BCUT2D eigenvalue weighted by atomic mass is 19.1. The second-order valence-electron chi connectivity index (χ2n) is 8.83. The van der Waals surface area contributed by atoms with Crippen LogP contribution in [0, 0.1) is 38.0 Å². The van der Waals surface area contributed by atoms with E-state index in [-0.39, 0.29) is 23.8 Å². The molecule has 5 unspecified atom stereocenters. The summed E-state index contributed by atoms with van der Waals surface area (Å²) < 4.78 is 21.2. The molecule has 0 bridgehead atoms. The Kier molecular flexibility index (Phi) is 5.04. The van der Waals surface area contributed by atoms with Crippen LogP contribution in [0.1, 0.15) is 46.0 Å². The Morgan fingerprint density at radius 2 is 2.13 bits per heavy atom. The Morgan fingerprint density at radius 1 is 1.29 bits per heavy atom. The fraction of sp³-hybridized carbons (Fsp3) is 0.440. The molecule has 31 heavy (non-hydrogen) atoms. The molecule has 1 fully saturated rings. The van der Waals surface area contributed by atoms with Gasteiger partial charge in [0.1, 0.15) is 24.0 Å². The molecule has 0 amide bonds. The maximum atomic E-state index is 14.7. The van der Waals surface area contributed by atoms with Crippen molar-refractivity contribution in [3.8, 4) is 18.1 Å². The second-order valence-corrected chi connectivity index (χ2v) is 8.83. The van der Waals surface area contributed by atoms with Crippen LogP contribution >= 0.6 is 0 Å². The number of aliphatic hydroxyl groups is 1. The number of nitrogens with zero attached hydrogens (tertiary/aromatic N) is 2. The first kappa shape index (κ1) is 20.2. The first-order valence-corrected chi connectivity index (χ1v) is 10.8. The normalized spacial score (nSPS) is 29.1. The SMILES string of the molecule is C#CC1C(Oc2cc(C)cc3c2CNCC3)CC(C2C=C(F)c3c(C)ncnc32)C1O. The average Bonchev–Trinajstić information content (AvgIpc) is 3.24. The van der Waals surface area contributed by atoms with Gasteiger partial charge in [0.05, 0.1) is 29.0 Å². The van der Waals surface area contributed by atoms with Gasteiger partial charge < -0.3 is 15.2 Å². The van der Waals surface area contributed by atoms with Gasteiger partial charge in [-0.3, -0.25) is 0 Å². The van der Waals surface area contributed by atoms with Crippen molar-refractivity contribution in [1.82, 2.24) is 15.3 Å². The van der Waals surface area contributed by atoms with Gasteiger partial charge in [-0.2, -0.15) is 0 Å². The van der Waals surface area contributed by atoms with Crippen LogP contribution in [0.2, 0.25) is 0 Å². The topological polar surface area (TPSA) is 67.3 Å². The molecule has 5 atom stereocenters. The number of aliphatic hydroxyl groups excluding tert-OH is 1. The van der Waals surface area contributed by atoms with Gasteiger partial charge in [0.25, 0.3) is 0 Å². The molecule has 5 rings (SSSR count). The molecule has 6 heteroatoms. The highest BCUT2D eigenvalue weighted by molar-refractivity contribution is 5.70. The minimum Gasteiger partial charge on any atom is -0.489 e. The van der Waals surface area contributed by atoms with Crippen LogP contribution in [0.5, 0.6) is 5.75 Å². The Hall–Kier alpha value is -2.75. The largest absolute Gasteiger partial charge is 0.489 e. The monoisotopic (exact) mass is 419 g/mol. The van der Waals surface area contributed by atoms with Crippen molar-refractivity contribution in [1.29, 1.82) is 0 Å². The van der Waals surface area contributed by atoms with Crippen molar-refractivity contribution >= 4 is 5.83 Å². The summed E-state index contributed by atoms with van der Waals surface area (Å²) in [6, 6.07) is 4.25. The van der Waals surface area contributed by atoms with Crippen molar-refractivity contribution in [2.45, 2.75) is 51.4 Å². The quantitative estimate of drug-likeness (QED) is 0.748. The van der Waals surface area contributed by atoms with Gasteiger partial charge in [-0.15, -0.1) is 6.42 Å². The third-order valence-corrected chi connectivity index (χ3v) is 6.91. The van der Waals surface area contributed by atoms with E-state index in [4.69, 9.17) is 11.2 Å². The molecule has 3 aliphatic rings. The van der Waals surface area contributed by atoms with E-state index >= 15 is 0 Å². The van der Waals surface area contributed by atoms with Crippen LogP contribution in [0.4, 0.5) is 4.39 Å². The number of hydrogen-bond donors (Lipinski definition) is 2. The molecule has 160 valence electrons. The molecular weight excluding hydrogens is 393 g/mol. The molecule has 1 aliphatic heterocycles. The van der Waals surface area contributed by atoms with Crippen molar-refractivity contribution in [3.63, 3.8) is 0 Å². The van der Waals surface area contributed by atoms with Crippen LogP contribution in [0.15, 0.2) is 24.5 Å². The first-order chi connectivity index (χ1) is 15.0. The number of benzene rings is 1. The van der Waals surface area contributed by atoms with E-state index in [1.807, 2.05) is 6.07 Å². The lowest BCUT2D eigenvalue weighted by Gasteiger charge is -2.25. The summed E-state index contributed by atoms with van der Waals surface area (Å²) in [6.07, 6.45) is 9.17. The zero-order chi connectivity index (χ0) is 21.7. The van der Waals surface area contributed by atoms with Gasteiger partial charge in [0.15, 0.2) is 0 Å². The van der Waals surface area contributed by atoms with E-state index in [1.54, 1.807) is 13.0 Å². The number of aromatic nitrogens is 2. The smallest absolute Gasteiger partial charge is 0.130 e. The fourth-order valence-electron chi connectivity index (χ4n) is 5.40. The molecule has 0 radical (unpaired) electrons. The first-order valence-electron chi connectivity index (χ1n) is 10.8. The molecule has 2 heterocycles. The number of rotatable bonds is 3. The van der Waals surface area contributed by atoms with Gasteiger partial charge in [0, 0.05) is 23.9 Å². The van der Waals surface area contributed by atoms with E-state index in [1.165, 1.54) is 11.9 Å². The summed E-state index contributed by atoms with van der Waals surface area (Å²) in [5, 5.41) is 14.5. The molecule has 2 N–H and O–H groups in total. The molecule has 1 saturated carbocycles. The minimum absolute atomic E-state index is 0.272.